The number of hydrogen-bond acceptors (Lipinski definition) is 6. The highest BCUT2D eigenvalue weighted by Crippen LogP contribution is 2.35. The first-order valence-electron chi connectivity index (χ1n) is 11.1. The van der Waals surface area contributed by atoms with Crippen molar-refractivity contribution in [3.63, 3.8) is 0 Å². The van der Waals surface area contributed by atoms with Gasteiger partial charge in [-0.15, -0.1) is 10.2 Å². The van der Waals surface area contributed by atoms with Crippen molar-refractivity contribution in [1.29, 1.82) is 5.26 Å². The molecular weight excluding hydrogens is 447 g/mol. The summed E-state index contributed by atoms with van der Waals surface area (Å²) in [6.07, 6.45) is -2.41. The lowest BCUT2D eigenvalue weighted by molar-refractivity contribution is -0.148. The van der Waals surface area contributed by atoms with Gasteiger partial charge in [-0.25, -0.2) is 0 Å². The fraction of sp³-hybridized carbons (Fsp3) is 0.435. The molecular formula is C23H22F3N7O. The van der Waals surface area contributed by atoms with Gasteiger partial charge in [-0.05, 0) is 18.4 Å². The number of benzene rings is 1. The minimum atomic E-state index is -4.57. The topological polar surface area (TPSA) is 90.9 Å². The molecule has 1 aromatic carbocycles. The number of halogens is 3. The maximum absolute atomic E-state index is 13.3. The van der Waals surface area contributed by atoms with Crippen molar-refractivity contribution in [3.8, 4) is 6.07 Å². The Balaban J connectivity index is 1.33. The summed E-state index contributed by atoms with van der Waals surface area (Å²) < 4.78 is 40.4. The summed E-state index contributed by atoms with van der Waals surface area (Å²) in [4.78, 5) is 21.4. The second kappa shape index (κ2) is 8.27. The third-order valence-corrected chi connectivity index (χ3v) is 6.72. The Hall–Kier alpha value is -3.68. The maximum Gasteiger partial charge on any atom is 0.451 e. The van der Waals surface area contributed by atoms with E-state index >= 15 is 0 Å². The molecule has 2 aliphatic rings. The predicted molar refractivity (Wildman–Crippen MR) is 116 cm³/mol. The minimum Gasteiger partial charge on any atom is -0.370 e. The van der Waals surface area contributed by atoms with Crippen LogP contribution in [0.2, 0.25) is 0 Å². The number of alkyl halides is 3. The molecule has 11 heteroatoms. The summed E-state index contributed by atoms with van der Waals surface area (Å²) in [6, 6.07) is 9.89. The third kappa shape index (κ3) is 3.73. The summed E-state index contributed by atoms with van der Waals surface area (Å²) in [5.41, 5.74) is 2.13. The minimum absolute atomic E-state index is 0.00903. The van der Waals surface area contributed by atoms with Crippen LogP contribution in [0.4, 0.5) is 18.9 Å². The van der Waals surface area contributed by atoms with E-state index in [1.54, 1.807) is 11.1 Å². The highest BCUT2D eigenvalue weighted by Gasteiger charge is 2.41. The lowest BCUT2D eigenvalue weighted by atomic mass is 9.85. The Kier molecular flexibility index (Phi) is 5.38. The second-order valence-corrected chi connectivity index (χ2v) is 8.82. The van der Waals surface area contributed by atoms with E-state index < -0.39 is 12.0 Å². The van der Waals surface area contributed by atoms with E-state index in [4.69, 9.17) is 0 Å². The van der Waals surface area contributed by atoms with E-state index in [9.17, 15) is 23.2 Å². The number of rotatable bonds is 2. The van der Waals surface area contributed by atoms with Crippen LogP contribution in [0.15, 0.2) is 30.5 Å². The van der Waals surface area contributed by atoms with Gasteiger partial charge < -0.3 is 14.4 Å². The molecule has 1 fully saturated rings. The van der Waals surface area contributed by atoms with Crippen LogP contribution < -0.4 is 4.90 Å². The van der Waals surface area contributed by atoms with Crippen molar-refractivity contribution in [2.24, 2.45) is 11.8 Å². The van der Waals surface area contributed by atoms with Crippen molar-refractivity contribution in [2.75, 3.05) is 24.5 Å². The average molecular weight is 469 g/mol. The summed E-state index contributed by atoms with van der Waals surface area (Å²) in [6.45, 7) is 3.39. The summed E-state index contributed by atoms with van der Waals surface area (Å²) in [5.74, 6) is -1.21. The number of carbonyl (C=O) groups is 1. The number of carbonyl (C=O) groups excluding carboxylic acids is 1. The van der Waals surface area contributed by atoms with Crippen LogP contribution in [0.5, 0.6) is 0 Å². The van der Waals surface area contributed by atoms with Gasteiger partial charge in [-0.3, -0.25) is 9.78 Å². The fourth-order valence-corrected chi connectivity index (χ4v) is 5.05. The van der Waals surface area contributed by atoms with Crippen molar-refractivity contribution in [1.82, 2.24) is 24.6 Å². The number of hydrogen-bond donors (Lipinski definition) is 0. The monoisotopic (exact) mass is 469 g/mol. The Bertz CT molecular complexity index is 1300. The molecule has 8 nitrogen and oxygen atoms in total. The zero-order chi connectivity index (χ0) is 24.0. The van der Waals surface area contributed by atoms with Crippen LogP contribution in [0, 0.1) is 23.2 Å². The van der Waals surface area contributed by atoms with Gasteiger partial charge in [0.25, 0.3) is 0 Å². The first-order chi connectivity index (χ1) is 16.3. The van der Waals surface area contributed by atoms with Gasteiger partial charge >= 0.3 is 6.18 Å². The molecule has 0 aliphatic carbocycles. The average Bonchev–Trinajstić information content (AvgIpc) is 3.27. The Morgan fingerprint density at radius 3 is 2.71 bits per heavy atom. The molecule has 2 aliphatic heterocycles. The highest BCUT2D eigenvalue weighted by atomic mass is 19.4. The van der Waals surface area contributed by atoms with Crippen molar-refractivity contribution in [2.45, 2.75) is 32.6 Å². The molecule has 1 amide bonds. The van der Waals surface area contributed by atoms with Crippen molar-refractivity contribution < 1.29 is 18.0 Å². The number of aromatic nitrogens is 4. The van der Waals surface area contributed by atoms with Crippen molar-refractivity contribution in [3.05, 3.63) is 47.7 Å². The van der Waals surface area contributed by atoms with E-state index in [-0.39, 0.29) is 43.2 Å². The van der Waals surface area contributed by atoms with Crippen LogP contribution in [0.25, 0.3) is 10.9 Å². The zero-order valence-corrected chi connectivity index (χ0v) is 18.5. The molecule has 2 aromatic heterocycles. The molecule has 3 aromatic rings. The molecule has 34 heavy (non-hydrogen) atoms. The molecule has 0 bridgehead atoms. The Morgan fingerprint density at radius 1 is 1.18 bits per heavy atom. The van der Waals surface area contributed by atoms with Gasteiger partial charge in [-0.1, -0.05) is 25.1 Å². The SMILES string of the molecule is C[C@@H]1CN(c2c(C#N)cnc3ccccc23)CC[C@@H]1C(=O)N1CCn2c(nnc2C(F)(F)F)C1. The zero-order valence-electron chi connectivity index (χ0n) is 18.5. The molecule has 5 rings (SSSR count). The molecule has 0 saturated carbocycles. The predicted octanol–water partition coefficient (Wildman–Crippen LogP) is 3.22. The summed E-state index contributed by atoms with van der Waals surface area (Å²) in [7, 11) is 0. The summed E-state index contributed by atoms with van der Waals surface area (Å²) >= 11 is 0. The number of nitrogens with zero attached hydrogens (tertiary/aromatic N) is 7. The molecule has 4 heterocycles. The smallest absolute Gasteiger partial charge is 0.370 e. The molecule has 0 radical (unpaired) electrons. The number of fused-ring (bicyclic) bond motifs is 2. The molecule has 2 atom stereocenters. The van der Waals surface area contributed by atoms with Crippen LogP contribution in [-0.2, 0) is 24.1 Å². The van der Waals surface area contributed by atoms with E-state index in [2.05, 4.69) is 26.2 Å². The Morgan fingerprint density at radius 2 is 1.97 bits per heavy atom. The largest absolute Gasteiger partial charge is 0.451 e. The number of amides is 1. The van der Waals surface area contributed by atoms with Gasteiger partial charge in [0, 0.05) is 43.7 Å². The number of anilines is 1. The van der Waals surface area contributed by atoms with Crippen molar-refractivity contribution >= 4 is 22.5 Å². The number of nitriles is 1. The van der Waals surface area contributed by atoms with Gasteiger partial charge in [0.1, 0.15) is 6.07 Å². The normalized spacial score (nSPS) is 20.8. The van der Waals surface area contributed by atoms with Gasteiger partial charge in [-0.2, -0.15) is 18.4 Å². The maximum atomic E-state index is 13.3. The number of para-hydroxylation sites is 1. The van der Waals surface area contributed by atoms with E-state index in [0.717, 1.165) is 21.2 Å². The molecule has 0 spiro atoms. The number of pyridine rings is 1. The number of piperidine rings is 1. The van der Waals surface area contributed by atoms with E-state index in [0.29, 0.717) is 25.1 Å². The lowest BCUT2D eigenvalue weighted by Gasteiger charge is -2.40. The van der Waals surface area contributed by atoms with Gasteiger partial charge in [0.15, 0.2) is 5.82 Å². The molecule has 176 valence electrons. The van der Waals surface area contributed by atoms with Crippen LogP contribution in [-0.4, -0.2) is 50.2 Å². The molecule has 0 unspecified atom stereocenters. The first kappa shape index (κ1) is 22.1. The molecule has 1 saturated heterocycles. The van der Waals surface area contributed by atoms with Gasteiger partial charge in [0.2, 0.25) is 11.7 Å². The lowest BCUT2D eigenvalue weighted by Crippen LogP contribution is -2.49. The highest BCUT2D eigenvalue weighted by molar-refractivity contribution is 5.94. The van der Waals surface area contributed by atoms with Gasteiger partial charge in [0.05, 0.1) is 23.3 Å². The third-order valence-electron chi connectivity index (χ3n) is 6.72. The van der Waals surface area contributed by atoms with Crippen LogP contribution in [0.3, 0.4) is 0 Å². The standard InChI is InChI=1S/C23H22F3N7O/c1-14-12-31(20-15(10-27)11-28-18-5-3-2-4-17(18)20)7-6-16(14)21(34)32-8-9-33-19(13-32)29-30-22(33)23(24,25)26/h2-5,11,14,16H,6-9,12-13H2,1H3/t14-,16+/m1/s1. The van der Waals surface area contributed by atoms with Crippen LogP contribution in [0.1, 0.15) is 30.6 Å². The summed E-state index contributed by atoms with van der Waals surface area (Å²) in [5, 5.41) is 17.5. The Labute approximate surface area is 193 Å². The fourth-order valence-electron chi connectivity index (χ4n) is 5.05. The quantitative estimate of drug-likeness (QED) is 0.573. The van der Waals surface area contributed by atoms with E-state index in [1.165, 1.54) is 0 Å². The second-order valence-electron chi connectivity index (χ2n) is 8.82. The molecule has 0 N–H and O–H groups in total. The van der Waals surface area contributed by atoms with E-state index in [1.807, 2.05) is 31.2 Å². The van der Waals surface area contributed by atoms with Crippen LogP contribution >= 0.6 is 0 Å². The first-order valence-corrected chi connectivity index (χ1v) is 11.1.